The molecule has 1 heterocycles. The molecule has 1 aromatic rings. The second-order valence-corrected chi connectivity index (χ2v) is 5.10. The van der Waals surface area contributed by atoms with E-state index in [1.54, 1.807) is 0 Å². The van der Waals surface area contributed by atoms with Gasteiger partial charge in [-0.3, -0.25) is 0 Å². The van der Waals surface area contributed by atoms with Crippen molar-refractivity contribution in [1.29, 1.82) is 0 Å². The Hall–Kier alpha value is -0.800. The molecule has 1 aliphatic rings. The fraction of sp³-hybridized carbons (Fsp3) is 0.538. The van der Waals surface area contributed by atoms with Gasteiger partial charge in [0.25, 0.3) is 0 Å². The molecule has 4 heteroatoms. The van der Waals surface area contributed by atoms with Crippen molar-refractivity contribution in [3.8, 4) is 5.75 Å². The van der Waals surface area contributed by atoms with Crippen LogP contribution >= 0.6 is 11.6 Å². The second kappa shape index (κ2) is 5.23. The maximum Gasteiger partial charge on any atom is 0.166 e. The third kappa shape index (κ3) is 2.72. The van der Waals surface area contributed by atoms with Gasteiger partial charge >= 0.3 is 0 Å². The van der Waals surface area contributed by atoms with Crippen LogP contribution in [0.4, 0.5) is 4.39 Å². The molecular formula is C13H17ClFNO. The molecule has 0 unspecified atom stereocenters. The van der Waals surface area contributed by atoms with E-state index in [2.05, 4.69) is 5.32 Å². The van der Waals surface area contributed by atoms with Gasteiger partial charge in [0.05, 0.1) is 0 Å². The van der Waals surface area contributed by atoms with Gasteiger partial charge in [0.15, 0.2) is 11.6 Å². The molecule has 0 aromatic heterocycles. The molecule has 0 bridgehead atoms. The molecule has 0 radical (unpaired) electrons. The number of rotatable bonds is 2. The summed E-state index contributed by atoms with van der Waals surface area (Å²) >= 11 is 5.95. The fourth-order valence-corrected chi connectivity index (χ4v) is 2.59. The summed E-state index contributed by atoms with van der Waals surface area (Å²) in [6.45, 7) is 3.82. The van der Waals surface area contributed by atoms with Gasteiger partial charge in [-0.05, 0) is 56.8 Å². The van der Waals surface area contributed by atoms with Crippen molar-refractivity contribution in [2.45, 2.75) is 26.2 Å². The lowest BCUT2D eigenvalue weighted by Gasteiger charge is -2.24. The van der Waals surface area contributed by atoms with E-state index in [9.17, 15) is 9.50 Å². The van der Waals surface area contributed by atoms with Crippen molar-refractivity contribution in [3.63, 3.8) is 0 Å². The summed E-state index contributed by atoms with van der Waals surface area (Å²) in [6, 6.07) is 1.18. The summed E-state index contributed by atoms with van der Waals surface area (Å²) in [7, 11) is 0. The van der Waals surface area contributed by atoms with E-state index in [4.69, 9.17) is 11.6 Å². The summed E-state index contributed by atoms with van der Waals surface area (Å²) < 4.78 is 13.4. The van der Waals surface area contributed by atoms with Crippen LogP contribution in [0.2, 0.25) is 5.02 Å². The molecule has 0 amide bonds. The van der Waals surface area contributed by atoms with Crippen LogP contribution in [0.25, 0.3) is 0 Å². The Bertz CT molecular complexity index is 390. The van der Waals surface area contributed by atoms with Gasteiger partial charge in [0, 0.05) is 10.6 Å². The monoisotopic (exact) mass is 257 g/mol. The number of hydrogen-bond donors (Lipinski definition) is 2. The van der Waals surface area contributed by atoms with Crippen molar-refractivity contribution in [2.24, 2.45) is 5.92 Å². The minimum Gasteiger partial charge on any atom is -0.505 e. The molecular weight excluding hydrogens is 241 g/mol. The lowest BCUT2D eigenvalue weighted by Crippen LogP contribution is -2.28. The number of phenolic OH excluding ortho intramolecular Hbond substituents is 1. The third-order valence-electron chi connectivity index (χ3n) is 3.53. The first-order valence-corrected chi connectivity index (χ1v) is 6.34. The van der Waals surface area contributed by atoms with Crippen LogP contribution in [-0.2, 0) is 6.42 Å². The molecule has 2 rings (SSSR count). The Labute approximate surface area is 106 Å². The number of phenols is 1. The van der Waals surface area contributed by atoms with Crippen LogP contribution < -0.4 is 5.32 Å². The summed E-state index contributed by atoms with van der Waals surface area (Å²) in [5.41, 5.74) is 1.46. The van der Waals surface area contributed by atoms with Gasteiger partial charge in [0.1, 0.15) is 0 Å². The number of benzene rings is 1. The van der Waals surface area contributed by atoms with Crippen molar-refractivity contribution in [3.05, 3.63) is 28.0 Å². The van der Waals surface area contributed by atoms with E-state index in [1.165, 1.54) is 6.07 Å². The molecule has 1 fully saturated rings. The molecule has 94 valence electrons. The molecule has 2 N–H and O–H groups in total. The molecule has 2 nitrogen and oxygen atoms in total. The smallest absolute Gasteiger partial charge is 0.166 e. The molecule has 0 aliphatic carbocycles. The van der Waals surface area contributed by atoms with E-state index < -0.39 is 5.82 Å². The number of hydrogen-bond acceptors (Lipinski definition) is 2. The lowest BCUT2D eigenvalue weighted by molar-refractivity contribution is 0.361. The van der Waals surface area contributed by atoms with Crippen molar-refractivity contribution in [2.75, 3.05) is 13.1 Å². The number of aromatic hydroxyl groups is 1. The minimum atomic E-state index is -0.621. The minimum absolute atomic E-state index is 0.231. The second-order valence-electron chi connectivity index (χ2n) is 4.69. The predicted octanol–water partition coefficient (Wildman–Crippen LogP) is 3.04. The van der Waals surface area contributed by atoms with Crippen LogP contribution in [0.15, 0.2) is 6.07 Å². The zero-order chi connectivity index (χ0) is 12.4. The van der Waals surface area contributed by atoms with Crippen LogP contribution in [-0.4, -0.2) is 18.2 Å². The lowest BCUT2D eigenvalue weighted by atomic mass is 9.89. The Morgan fingerprint density at radius 1 is 1.47 bits per heavy atom. The maximum atomic E-state index is 13.4. The Balaban J connectivity index is 2.24. The Morgan fingerprint density at radius 2 is 2.12 bits per heavy atom. The van der Waals surface area contributed by atoms with Gasteiger partial charge in [-0.1, -0.05) is 11.6 Å². The molecule has 1 aromatic carbocycles. The maximum absolute atomic E-state index is 13.4. The topological polar surface area (TPSA) is 32.3 Å². The largest absolute Gasteiger partial charge is 0.505 e. The first-order chi connectivity index (χ1) is 8.09. The molecule has 1 aliphatic heterocycles. The summed E-state index contributed by atoms with van der Waals surface area (Å²) in [4.78, 5) is 0. The van der Waals surface area contributed by atoms with Gasteiger partial charge in [-0.25, -0.2) is 4.39 Å². The zero-order valence-corrected chi connectivity index (χ0v) is 10.6. The average Bonchev–Trinajstić information content (AvgIpc) is 2.33. The SMILES string of the molecule is Cc1c(Cl)cc(F)c(O)c1CC1CCNCC1. The fourth-order valence-electron chi connectivity index (χ4n) is 2.38. The van der Waals surface area contributed by atoms with Gasteiger partial charge in [-0.2, -0.15) is 0 Å². The molecule has 1 saturated heterocycles. The van der Waals surface area contributed by atoms with Gasteiger partial charge in [-0.15, -0.1) is 0 Å². The van der Waals surface area contributed by atoms with Crippen LogP contribution in [0.3, 0.4) is 0 Å². The molecule has 17 heavy (non-hydrogen) atoms. The van der Waals surface area contributed by atoms with E-state index in [-0.39, 0.29) is 5.75 Å². The van der Waals surface area contributed by atoms with E-state index in [0.717, 1.165) is 31.5 Å². The quantitative estimate of drug-likeness (QED) is 0.854. The number of halogens is 2. The van der Waals surface area contributed by atoms with E-state index >= 15 is 0 Å². The molecule has 0 spiro atoms. The normalized spacial score (nSPS) is 17.4. The highest BCUT2D eigenvalue weighted by molar-refractivity contribution is 6.31. The highest BCUT2D eigenvalue weighted by Gasteiger charge is 2.20. The van der Waals surface area contributed by atoms with Crippen molar-refractivity contribution >= 4 is 11.6 Å². The standard InChI is InChI=1S/C13H17ClFNO/c1-8-10(6-9-2-4-16-5-3-9)13(17)12(15)7-11(8)14/h7,9,16-17H,2-6H2,1H3. The zero-order valence-electron chi connectivity index (χ0n) is 9.89. The van der Waals surface area contributed by atoms with Gasteiger partial charge in [0.2, 0.25) is 0 Å². The summed E-state index contributed by atoms with van der Waals surface area (Å²) in [5, 5.41) is 13.5. The first kappa shape index (κ1) is 12.7. The van der Waals surface area contributed by atoms with Gasteiger partial charge < -0.3 is 10.4 Å². The molecule has 0 atom stereocenters. The van der Waals surface area contributed by atoms with Crippen molar-refractivity contribution < 1.29 is 9.50 Å². The summed E-state index contributed by atoms with van der Waals surface area (Å²) in [5.74, 6) is -0.353. The Morgan fingerprint density at radius 3 is 2.76 bits per heavy atom. The first-order valence-electron chi connectivity index (χ1n) is 5.96. The third-order valence-corrected chi connectivity index (χ3v) is 3.92. The van der Waals surface area contributed by atoms with E-state index in [1.807, 2.05) is 6.92 Å². The highest BCUT2D eigenvalue weighted by atomic mass is 35.5. The van der Waals surface area contributed by atoms with E-state index in [0.29, 0.717) is 22.9 Å². The predicted molar refractivity (Wildman–Crippen MR) is 67.1 cm³/mol. The van der Waals surface area contributed by atoms with Crippen LogP contribution in [0, 0.1) is 18.7 Å². The number of nitrogens with one attached hydrogen (secondary N) is 1. The molecule has 0 saturated carbocycles. The van der Waals surface area contributed by atoms with Crippen LogP contribution in [0.5, 0.6) is 5.75 Å². The summed E-state index contributed by atoms with van der Waals surface area (Å²) in [6.07, 6.45) is 2.83. The highest BCUT2D eigenvalue weighted by Crippen LogP contribution is 2.33. The van der Waals surface area contributed by atoms with Crippen molar-refractivity contribution in [1.82, 2.24) is 5.32 Å². The van der Waals surface area contributed by atoms with Crippen LogP contribution in [0.1, 0.15) is 24.0 Å². The average molecular weight is 258 g/mol. The number of piperidine rings is 1. The Kier molecular flexibility index (Phi) is 3.89.